The van der Waals surface area contributed by atoms with E-state index in [1.54, 1.807) is 16.2 Å². The highest BCUT2D eigenvalue weighted by molar-refractivity contribution is 7.11. The molecule has 0 N–H and O–H groups in total. The molecular weight excluding hydrogens is 284 g/mol. The maximum absolute atomic E-state index is 12.1. The third kappa shape index (κ3) is 2.42. The molecule has 5 heteroatoms. The number of carbonyl (C=O) groups is 1. The number of thiazole rings is 1. The van der Waals surface area contributed by atoms with Crippen LogP contribution in [0.1, 0.15) is 23.7 Å². The zero-order valence-electron chi connectivity index (χ0n) is 12.6. The van der Waals surface area contributed by atoms with Gasteiger partial charge >= 0.3 is 0 Å². The van der Waals surface area contributed by atoms with Crippen molar-refractivity contribution < 1.29 is 9.53 Å². The van der Waals surface area contributed by atoms with Gasteiger partial charge in [-0.15, -0.1) is 11.3 Å². The normalized spacial score (nSPS) is 14.3. The van der Waals surface area contributed by atoms with E-state index < -0.39 is 0 Å². The fourth-order valence-electron chi connectivity index (χ4n) is 2.68. The van der Waals surface area contributed by atoms with Gasteiger partial charge in [-0.3, -0.25) is 4.79 Å². The average Bonchev–Trinajstić information content (AvgIpc) is 2.76. The van der Waals surface area contributed by atoms with Gasteiger partial charge in [-0.2, -0.15) is 0 Å². The molecule has 2 heterocycles. The first-order chi connectivity index (χ1) is 9.97. The summed E-state index contributed by atoms with van der Waals surface area (Å²) < 4.78 is 5.53. The first-order valence-corrected chi connectivity index (χ1v) is 7.82. The number of hydrogen-bond acceptors (Lipinski definition) is 4. The Kier molecular flexibility index (Phi) is 3.45. The lowest BCUT2D eigenvalue weighted by molar-refractivity contribution is -0.121. The van der Waals surface area contributed by atoms with Crippen LogP contribution in [-0.2, 0) is 4.79 Å². The summed E-state index contributed by atoms with van der Waals surface area (Å²) in [5.74, 6) is 0.762. The van der Waals surface area contributed by atoms with Crippen molar-refractivity contribution in [3.8, 4) is 17.0 Å². The monoisotopic (exact) mass is 302 g/mol. The minimum absolute atomic E-state index is 0.000769. The SMILES string of the molecule is Cc1nc(-c2ccc3c(c2)N(C(C)C)C(=O)CO3)c(C)s1. The molecule has 21 heavy (non-hydrogen) atoms. The molecule has 0 aliphatic carbocycles. The Balaban J connectivity index is 2.12. The van der Waals surface area contributed by atoms with E-state index in [1.165, 1.54) is 4.88 Å². The number of amides is 1. The number of hydrogen-bond donors (Lipinski definition) is 0. The zero-order chi connectivity index (χ0) is 15.1. The molecule has 1 aliphatic rings. The van der Waals surface area contributed by atoms with Crippen LogP contribution in [0.2, 0.25) is 0 Å². The number of carbonyl (C=O) groups excluding carboxylic acids is 1. The molecule has 1 aliphatic heterocycles. The molecule has 3 rings (SSSR count). The number of anilines is 1. The van der Waals surface area contributed by atoms with E-state index in [1.807, 2.05) is 39.0 Å². The van der Waals surface area contributed by atoms with Crippen LogP contribution < -0.4 is 9.64 Å². The summed E-state index contributed by atoms with van der Waals surface area (Å²) in [6.45, 7) is 8.21. The van der Waals surface area contributed by atoms with Crippen molar-refractivity contribution in [1.29, 1.82) is 0 Å². The van der Waals surface area contributed by atoms with Gasteiger partial charge in [0.25, 0.3) is 5.91 Å². The van der Waals surface area contributed by atoms with Gasteiger partial charge in [-0.1, -0.05) is 0 Å². The van der Waals surface area contributed by atoms with Crippen molar-refractivity contribution in [2.45, 2.75) is 33.7 Å². The molecule has 4 nitrogen and oxygen atoms in total. The Labute approximate surface area is 128 Å². The molecule has 0 spiro atoms. The first kappa shape index (κ1) is 14.1. The highest BCUT2D eigenvalue weighted by Crippen LogP contribution is 2.38. The smallest absolute Gasteiger partial charge is 0.265 e. The van der Waals surface area contributed by atoms with Gasteiger partial charge in [-0.25, -0.2) is 4.98 Å². The first-order valence-electron chi connectivity index (χ1n) is 7.00. The second-order valence-corrected chi connectivity index (χ2v) is 6.87. The lowest BCUT2D eigenvalue weighted by atomic mass is 10.1. The zero-order valence-corrected chi connectivity index (χ0v) is 13.5. The molecular formula is C16H18N2O2S. The number of rotatable bonds is 2. The Bertz CT molecular complexity index is 706. The Morgan fingerprint density at radius 1 is 1.33 bits per heavy atom. The van der Waals surface area contributed by atoms with Crippen LogP contribution in [0.5, 0.6) is 5.75 Å². The summed E-state index contributed by atoms with van der Waals surface area (Å²) >= 11 is 1.69. The second-order valence-electron chi connectivity index (χ2n) is 5.47. The van der Waals surface area contributed by atoms with Gasteiger partial charge in [0.1, 0.15) is 5.75 Å². The van der Waals surface area contributed by atoms with Gasteiger partial charge in [0, 0.05) is 16.5 Å². The fraction of sp³-hybridized carbons (Fsp3) is 0.375. The number of aromatic nitrogens is 1. The van der Waals surface area contributed by atoms with Crippen LogP contribution in [0, 0.1) is 13.8 Å². The molecule has 0 saturated carbocycles. The Hall–Kier alpha value is -1.88. The maximum atomic E-state index is 12.1. The summed E-state index contributed by atoms with van der Waals surface area (Å²) in [4.78, 5) is 19.7. The third-order valence-electron chi connectivity index (χ3n) is 3.53. The van der Waals surface area contributed by atoms with Crippen LogP contribution in [-0.4, -0.2) is 23.5 Å². The molecule has 1 aromatic heterocycles. The second kappa shape index (κ2) is 5.15. The molecule has 2 aromatic rings. The number of aryl methyl sites for hydroxylation is 2. The largest absolute Gasteiger partial charge is 0.482 e. The predicted octanol–water partition coefficient (Wildman–Crippen LogP) is 3.56. The third-order valence-corrected chi connectivity index (χ3v) is 4.42. The lowest BCUT2D eigenvalue weighted by Gasteiger charge is -2.32. The van der Waals surface area contributed by atoms with Crippen LogP contribution in [0.15, 0.2) is 18.2 Å². The number of benzene rings is 1. The molecule has 0 fully saturated rings. The molecule has 0 bridgehead atoms. The summed E-state index contributed by atoms with van der Waals surface area (Å²) in [6.07, 6.45) is 0. The van der Waals surface area contributed by atoms with Crippen LogP contribution >= 0.6 is 11.3 Å². The molecule has 0 atom stereocenters. The Morgan fingerprint density at radius 2 is 2.10 bits per heavy atom. The average molecular weight is 302 g/mol. The molecule has 110 valence electrons. The van der Waals surface area contributed by atoms with Crippen LogP contribution in [0.4, 0.5) is 5.69 Å². The molecule has 0 unspecified atom stereocenters. The molecule has 1 aromatic carbocycles. The van der Waals surface area contributed by atoms with Gasteiger partial charge in [0.15, 0.2) is 6.61 Å². The number of ether oxygens (including phenoxy) is 1. The number of nitrogens with zero attached hydrogens (tertiary/aromatic N) is 2. The van der Waals surface area contributed by atoms with E-state index in [2.05, 4.69) is 11.9 Å². The Morgan fingerprint density at radius 3 is 2.71 bits per heavy atom. The van der Waals surface area contributed by atoms with Gasteiger partial charge < -0.3 is 9.64 Å². The van der Waals surface area contributed by atoms with Crippen molar-refractivity contribution >= 4 is 22.9 Å². The highest BCUT2D eigenvalue weighted by atomic mass is 32.1. The topological polar surface area (TPSA) is 42.4 Å². The van der Waals surface area contributed by atoms with E-state index in [9.17, 15) is 4.79 Å². The van der Waals surface area contributed by atoms with E-state index in [-0.39, 0.29) is 18.6 Å². The van der Waals surface area contributed by atoms with E-state index in [4.69, 9.17) is 4.74 Å². The maximum Gasteiger partial charge on any atom is 0.265 e. The van der Waals surface area contributed by atoms with Crippen molar-refractivity contribution in [3.05, 3.63) is 28.1 Å². The van der Waals surface area contributed by atoms with Crippen molar-refractivity contribution in [3.63, 3.8) is 0 Å². The van der Waals surface area contributed by atoms with Crippen molar-refractivity contribution in [1.82, 2.24) is 4.98 Å². The molecule has 0 radical (unpaired) electrons. The predicted molar refractivity (Wildman–Crippen MR) is 85.1 cm³/mol. The summed E-state index contributed by atoms with van der Waals surface area (Å²) in [7, 11) is 0. The van der Waals surface area contributed by atoms with Crippen LogP contribution in [0.3, 0.4) is 0 Å². The van der Waals surface area contributed by atoms with Crippen molar-refractivity contribution in [2.24, 2.45) is 0 Å². The van der Waals surface area contributed by atoms with Crippen molar-refractivity contribution in [2.75, 3.05) is 11.5 Å². The standard InChI is InChI=1S/C16H18N2O2S/c1-9(2)18-13-7-12(16-10(3)21-11(4)17-16)5-6-14(13)20-8-15(18)19/h5-7,9H,8H2,1-4H3. The molecule has 1 amide bonds. The minimum atomic E-state index is 0.000769. The highest BCUT2D eigenvalue weighted by Gasteiger charge is 2.28. The minimum Gasteiger partial charge on any atom is -0.482 e. The van der Waals surface area contributed by atoms with Crippen LogP contribution in [0.25, 0.3) is 11.3 Å². The van der Waals surface area contributed by atoms with E-state index in [0.717, 1.165) is 27.7 Å². The summed E-state index contributed by atoms with van der Waals surface area (Å²) in [5.41, 5.74) is 2.85. The van der Waals surface area contributed by atoms with Gasteiger partial charge in [-0.05, 0) is 45.9 Å². The summed E-state index contributed by atoms with van der Waals surface area (Å²) in [6, 6.07) is 6.05. The van der Waals surface area contributed by atoms with E-state index >= 15 is 0 Å². The van der Waals surface area contributed by atoms with Gasteiger partial charge in [0.2, 0.25) is 0 Å². The summed E-state index contributed by atoms with van der Waals surface area (Å²) in [5, 5.41) is 1.05. The van der Waals surface area contributed by atoms with Gasteiger partial charge in [0.05, 0.1) is 16.4 Å². The quantitative estimate of drug-likeness (QED) is 0.852. The van der Waals surface area contributed by atoms with E-state index in [0.29, 0.717) is 0 Å². The fourth-order valence-corrected chi connectivity index (χ4v) is 3.52. The molecule has 0 saturated heterocycles. The number of fused-ring (bicyclic) bond motifs is 1. The lowest BCUT2D eigenvalue weighted by Crippen LogP contribution is -2.43.